The summed E-state index contributed by atoms with van der Waals surface area (Å²) < 4.78 is 6.59. The molecule has 106 valence electrons. The maximum Gasteiger partial charge on any atom is 0.266 e. The number of rotatable bonds is 1. The lowest BCUT2D eigenvalue weighted by Gasteiger charge is -2.30. The summed E-state index contributed by atoms with van der Waals surface area (Å²) in [7, 11) is 0. The van der Waals surface area contributed by atoms with E-state index in [4.69, 9.17) is 10.5 Å². The van der Waals surface area contributed by atoms with Crippen molar-refractivity contribution in [1.82, 2.24) is 4.90 Å². The lowest BCUT2D eigenvalue weighted by molar-refractivity contribution is -0.0122. The van der Waals surface area contributed by atoms with Crippen LogP contribution < -0.4 is 5.73 Å². The molecule has 1 amide bonds. The minimum atomic E-state index is 0.0262. The molecule has 0 aliphatic carbocycles. The van der Waals surface area contributed by atoms with E-state index >= 15 is 0 Å². The molecule has 3 rings (SSSR count). The number of benzene rings is 1. The third-order valence-electron chi connectivity index (χ3n) is 3.67. The SMILES string of the molecule is Cc1cccc2c(N)c(C(=O)N3CCOC(C)C3)sc12. The summed E-state index contributed by atoms with van der Waals surface area (Å²) in [6.07, 6.45) is 0.0880. The van der Waals surface area contributed by atoms with E-state index in [0.717, 1.165) is 15.6 Å². The van der Waals surface area contributed by atoms with E-state index in [0.29, 0.717) is 30.3 Å². The van der Waals surface area contributed by atoms with Gasteiger partial charge in [0.25, 0.3) is 5.91 Å². The Morgan fingerprint density at radius 2 is 2.30 bits per heavy atom. The maximum absolute atomic E-state index is 12.6. The lowest BCUT2D eigenvalue weighted by atomic mass is 10.1. The number of ether oxygens (including phenoxy) is 1. The average molecular weight is 290 g/mol. The molecule has 2 N–H and O–H groups in total. The Labute approximate surface area is 122 Å². The van der Waals surface area contributed by atoms with Gasteiger partial charge in [0.05, 0.1) is 18.4 Å². The summed E-state index contributed by atoms with van der Waals surface area (Å²) >= 11 is 1.50. The van der Waals surface area contributed by atoms with Crippen molar-refractivity contribution < 1.29 is 9.53 Å². The van der Waals surface area contributed by atoms with Crippen molar-refractivity contribution in [2.75, 3.05) is 25.4 Å². The number of nitrogens with zero attached hydrogens (tertiary/aromatic N) is 1. The fourth-order valence-electron chi connectivity index (χ4n) is 2.58. The van der Waals surface area contributed by atoms with Gasteiger partial charge in [-0.25, -0.2) is 0 Å². The molecule has 1 unspecified atom stereocenters. The standard InChI is InChI=1S/C15H18N2O2S/c1-9-4-3-5-11-12(16)14(20-13(9)11)15(18)17-6-7-19-10(2)8-17/h3-5,10H,6-8,16H2,1-2H3. The number of carbonyl (C=O) groups is 1. The van der Waals surface area contributed by atoms with Crippen LogP contribution in [-0.2, 0) is 4.74 Å². The predicted molar refractivity (Wildman–Crippen MR) is 82.3 cm³/mol. The number of carbonyl (C=O) groups excluding carboxylic acids is 1. The molecule has 0 radical (unpaired) electrons. The third-order valence-corrected chi connectivity index (χ3v) is 5.02. The van der Waals surface area contributed by atoms with Crippen molar-refractivity contribution in [3.8, 4) is 0 Å². The van der Waals surface area contributed by atoms with Gasteiger partial charge in [-0.2, -0.15) is 0 Å². The molecule has 0 saturated carbocycles. The van der Waals surface area contributed by atoms with E-state index in [1.54, 1.807) is 0 Å². The zero-order chi connectivity index (χ0) is 14.3. The minimum absolute atomic E-state index is 0.0262. The van der Waals surface area contributed by atoms with E-state index in [1.807, 2.05) is 36.9 Å². The lowest BCUT2D eigenvalue weighted by Crippen LogP contribution is -2.44. The Hall–Kier alpha value is -1.59. The Morgan fingerprint density at radius 1 is 1.50 bits per heavy atom. The van der Waals surface area contributed by atoms with Crippen LogP contribution in [0.15, 0.2) is 18.2 Å². The van der Waals surface area contributed by atoms with Crippen LogP contribution in [0.5, 0.6) is 0 Å². The number of hydrogen-bond acceptors (Lipinski definition) is 4. The highest BCUT2D eigenvalue weighted by Gasteiger charge is 2.26. The molecule has 20 heavy (non-hydrogen) atoms. The number of anilines is 1. The van der Waals surface area contributed by atoms with Gasteiger partial charge in [0.2, 0.25) is 0 Å². The van der Waals surface area contributed by atoms with Gasteiger partial charge in [-0.3, -0.25) is 4.79 Å². The van der Waals surface area contributed by atoms with Crippen LogP contribution in [-0.4, -0.2) is 36.6 Å². The fourth-order valence-corrected chi connectivity index (χ4v) is 3.74. The average Bonchev–Trinajstić information content (AvgIpc) is 2.77. The molecule has 1 atom stereocenters. The van der Waals surface area contributed by atoms with Crippen molar-refractivity contribution in [1.29, 1.82) is 0 Å². The maximum atomic E-state index is 12.6. The predicted octanol–water partition coefficient (Wildman–Crippen LogP) is 2.65. The quantitative estimate of drug-likeness (QED) is 0.878. The van der Waals surface area contributed by atoms with Crippen molar-refractivity contribution >= 4 is 33.0 Å². The molecule has 4 nitrogen and oxygen atoms in total. The molecule has 1 aromatic carbocycles. The summed E-state index contributed by atoms with van der Waals surface area (Å²) in [5.41, 5.74) is 7.95. The minimum Gasteiger partial charge on any atom is -0.397 e. The Morgan fingerprint density at radius 3 is 3.00 bits per heavy atom. The first-order valence-corrected chi connectivity index (χ1v) is 7.58. The van der Waals surface area contributed by atoms with E-state index in [2.05, 4.69) is 0 Å². The van der Waals surface area contributed by atoms with Crippen LogP contribution in [0.25, 0.3) is 10.1 Å². The van der Waals surface area contributed by atoms with Crippen LogP contribution >= 0.6 is 11.3 Å². The zero-order valence-electron chi connectivity index (χ0n) is 11.7. The topological polar surface area (TPSA) is 55.6 Å². The van der Waals surface area contributed by atoms with Crippen LogP contribution in [0.2, 0.25) is 0 Å². The summed E-state index contributed by atoms with van der Waals surface area (Å²) in [4.78, 5) is 15.1. The molecule has 5 heteroatoms. The molecule has 1 aliphatic heterocycles. The van der Waals surface area contributed by atoms with Crippen LogP contribution in [0.3, 0.4) is 0 Å². The van der Waals surface area contributed by atoms with Crippen LogP contribution in [0.4, 0.5) is 5.69 Å². The van der Waals surface area contributed by atoms with Gasteiger partial charge in [0.1, 0.15) is 4.88 Å². The highest BCUT2D eigenvalue weighted by atomic mass is 32.1. The number of nitrogens with two attached hydrogens (primary N) is 1. The molecule has 0 spiro atoms. The summed E-state index contributed by atoms with van der Waals surface area (Å²) in [5, 5.41) is 0.986. The molecule has 1 saturated heterocycles. The van der Waals surface area contributed by atoms with E-state index in [-0.39, 0.29) is 12.0 Å². The highest BCUT2D eigenvalue weighted by Crippen LogP contribution is 2.36. The first kappa shape index (κ1) is 13.4. The summed E-state index contributed by atoms with van der Waals surface area (Å²) in [5.74, 6) is 0.0262. The van der Waals surface area contributed by atoms with Gasteiger partial charge in [-0.15, -0.1) is 11.3 Å². The molecule has 1 aliphatic rings. The smallest absolute Gasteiger partial charge is 0.266 e. The summed E-state index contributed by atoms with van der Waals surface area (Å²) in [6.45, 7) is 5.89. The van der Waals surface area contributed by atoms with Gasteiger partial charge >= 0.3 is 0 Å². The number of thiophene rings is 1. The molecule has 1 aromatic heterocycles. The van der Waals surface area contributed by atoms with Gasteiger partial charge in [-0.05, 0) is 19.4 Å². The number of amides is 1. The second-order valence-corrected chi connectivity index (χ2v) is 6.25. The van der Waals surface area contributed by atoms with Crippen molar-refractivity contribution in [3.05, 3.63) is 28.6 Å². The van der Waals surface area contributed by atoms with Crippen molar-refractivity contribution in [2.45, 2.75) is 20.0 Å². The number of aryl methyl sites for hydroxylation is 1. The third kappa shape index (κ3) is 2.17. The molecule has 0 bridgehead atoms. The number of morpholine rings is 1. The van der Waals surface area contributed by atoms with Crippen molar-refractivity contribution in [3.63, 3.8) is 0 Å². The van der Waals surface area contributed by atoms with Gasteiger partial charge in [0, 0.05) is 23.2 Å². The van der Waals surface area contributed by atoms with Crippen LogP contribution in [0.1, 0.15) is 22.2 Å². The summed E-state index contributed by atoms with van der Waals surface area (Å²) in [6, 6.07) is 6.00. The van der Waals surface area contributed by atoms with E-state index in [9.17, 15) is 4.79 Å². The Kier molecular flexibility index (Phi) is 3.40. The van der Waals surface area contributed by atoms with E-state index < -0.39 is 0 Å². The molecular formula is C15H18N2O2S. The number of fused-ring (bicyclic) bond motifs is 1. The monoisotopic (exact) mass is 290 g/mol. The van der Waals surface area contributed by atoms with Crippen LogP contribution in [0, 0.1) is 6.92 Å². The fraction of sp³-hybridized carbons (Fsp3) is 0.400. The number of hydrogen-bond donors (Lipinski definition) is 1. The van der Waals surface area contributed by atoms with Crippen molar-refractivity contribution in [2.24, 2.45) is 0 Å². The Balaban J connectivity index is 1.99. The molecule has 2 aromatic rings. The molecular weight excluding hydrogens is 272 g/mol. The first-order valence-electron chi connectivity index (χ1n) is 6.76. The Bertz CT molecular complexity index is 665. The molecule has 1 fully saturated rings. The normalized spacial score (nSPS) is 19.5. The van der Waals surface area contributed by atoms with Gasteiger partial charge in [-0.1, -0.05) is 18.2 Å². The molecule has 2 heterocycles. The highest BCUT2D eigenvalue weighted by molar-refractivity contribution is 7.21. The zero-order valence-corrected chi connectivity index (χ0v) is 12.5. The second kappa shape index (κ2) is 5.07. The van der Waals surface area contributed by atoms with E-state index in [1.165, 1.54) is 11.3 Å². The number of nitrogen functional groups attached to an aromatic ring is 1. The van der Waals surface area contributed by atoms with Gasteiger partial charge in [0.15, 0.2) is 0 Å². The second-order valence-electron chi connectivity index (χ2n) is 5.23. The largest absolute Gasteiger partial charge is 0.397 e. The first-order chi connectivity index (χ1) is 9.58. The van der Waals surface area contributed by atoms with Gasteiger partial charge < -0.3 is 15.4 Å².